The fourth-order valence-electron chi connectivity index (χ4n) is 3.65. The van der Waals surface area contributed by atoms with Gasteiger partial charge in [-0.3, -0.25) is 14.7 Å². The van der Waals surface area contributed by atoms with E-state index in [1.807, 2.05) is 56.3 Å². The third-order valence-corrected chi connectivity index (χ3v) is 6.13. The number of carbonyl (C=O) groups is 1. The molecule has 1 aliphatic heterocycles. The summed E-state index contributed by atoms with van der Waals surface area (Å²) in [4.78, 5) is 19.7. The summed E-state index contributed by atoms with van der Waals surface area (Å²) in [5.74, 6) is 0.00126. The number of hydrogen-bond donors (Lipinski definition) is 0. The van der Waals surface area contributed by atoms with Crippen molar-refractivity contribution in [3.8, 4) is 6.07 Å². The van der Waals surface area contributed by atoms with Crippen LogP contribution in [0.5, 0.6) is 0 Å². The van der Waals surface area contributed by atoms with Crippen LogP contribution < -0.4 is 0 Å². The number of fused-ring (bicyclic) bond motifs is 1. The minimum Gasteiger partial charge on any atom is -0.342 e. The molecule has 1 aromatic heterocycles. The smallest absolute Gasteiger partial charge is 0.266 e. The zero-order chi connectivity index (χ0) is 21.1. The highest BCUT2D eigenvalue weighted by molar-refractivity contribution is 8.18. The molecule has 1 aliphatic rings. The molecule has 0 spiro atoms. The van der Waals surface area contributed by atoms with Crippen LogP contribution in [0.2, 0.25) is 0 Å². The van der Waals surface area contributed by atoms with Crippen LogP contribution in [-0.4, -0.2) is 33.6 Å². The molecule has 3 aromatic rings. The van der Waals surface area contributed by atoms with Gasteiger partial charge in [0.2, 0.25) is 0 Å². The summed E-state index contributed by atoms with van der Waals surface area (Å²) in [6.45, 7) is 5.79. The Morgan fingerprint density at radius 1 is 1.13 bits per heavy atom. The molecule has 0 N–H and O–H groups in total. The average Bonchev–Trinajstić information content (AvgIpc) is 3.26. The lowest BCUT2D eigenvalue weighted by atomic mass is 10.1. The molecular formula is C24H22N4OS. The van der Waals surface area contributed by atoms with Crippen molar-refractivity contribution < 1.29 is 4.79 Å². The predicted molar refractivity (Wildman–Crippen MR) is 123 cm³/mol. The van der Waals surface area contributed by atoms with Crippen molar-refractivity contribution in [3.63, 3.8) is 0 Å². The third kappa shape index (κ3) is 3.64. The Kier molecular flexibility index (Phi) is 5.73. The van der Waals surface area contributed by atoms with E-state index in [4.69, 9.17) is 0 Å². The second-order valence-electron chi connectivity index (χ2n) is 6.92. The van der Waals surface area contributed by atoms with Crippen molar-refractivity contribution in [3.05, 3.63) is 76.3 Å². The van der Waals surface area contributed by atoms with E-state index in [1.54, 1.807) is 4.90 Å². The number of amides is 1. The number of benzene rings is 2. The first-order chi connectivity index (χ1) is 14.7. The van der Waals surface area contributed by atoms with Crippen LogP contribution in [0, 0.1) is 11.3 Å². The molecule has 1 amide bonds. The van der Waals surface area contributed by atoms with Crippen LogP contribution in [0.15, 0.2) is 64.6 Å². The zero-order valence-corrected chi connectivity index (χ0v) is 17.8. The monoisotopic (exact) mass is 414 g/mol. The molecule has 2 aromatic carbocycles. The summed E-state index contributed by atoms with van der Waals surface area (Å²) in [5, 5.41) is 11.3. The van der Waals surface area contributed by atoms with Crippen molar-refractivity contribution in [1.29, 1.82) is 5.26 Å². The third-order valence-electron chi connectivity index (χ3n) is 5.08. The summed E-state index contributed by atoms with van der Waals surface area (Å²) in [6, 6.07) is 18.1. The molecule has 6 heteroatoms. The first-order valence-electron chi connectivity index (χ1n) is 9.98. The van der Waals surface area contributed by atoms with E-state index < -0.39 is 0 Å². The molecule has 0 aliphatic carbocycles. The number of rotatable bonds is 5. The molecule has 2 heterocycles. The molecule has 0 atom stereocenters. The number of thioether (sulfide) groups is 1. The van der Waals surface area contributed by atoms with E-state index in [2.05, 4.69) is 34.0 Å². The van der Waals surface area contributed by atoms with E-state index in [0.717, 1.165) is 27.2 Å². The standard InChI is InChI=1S/C24H22N4OS/c1-3-26-24-28(4-2)23(29)22(30-24)13-19-16-27(21-12-8-7-11-20(19)21)15-18-10-6-5-9-17(18)14-25/h5-13,16H,3-4,15H2,1-2H3/b22-13+,26-24?. The lowest BCUT2D eigenvalue weighted by molar-refractivity contribution is -0.122. The first kappa shape index (κ1) is 20.0. The molecule has 0 radical (unpaired) electrons. The van der Waals surface area contributed by atoms with Crippen LogP contribution in [0.25, 0.3) is 17.0 Å². The number of likely N-dealkylation sites (N-methyl/N-ethyl adjacent to an activating group) is 1. The lowest BCUT2D eigenvalue weighted by Gasteiger charge is -2.11. The summed E-state index contributed by atoms with van der Waals surface area (Å²) < 4.78 is 2.14. The topological polar surface area (TPSA) is 61.4 Å². The number of carbonyl (C=O) groups excluding carboxylic acids is 1. The maximum Gasteiger partial charge on any atom is 0.266 e. The number of amidine groups is 1. The quantitative estimate of drug-likeness (QED) is 0.560. The fourth-order valence-corrected chi connectivity index (χ4v) is 4.75. The predicted octanol–water partition coefficient (Wildman–Crippen LogP) is 4.87. The Labute approximate surface area is 180 Å². The minimum atomic E-state index is 0.00126. The van der Waals surface area contributed by atoms with Gasteiger partial charge < -0.3 is 4.57 Å². The largest absolute Gasteiger partial charge is 0.342 e. The van der Waals surface area contributed by atoms with Gasteiger partial charge in [-0.1, -0.05) is 36.4 Å². The molecule has 1 saturated heterocycles. The lowest BCUT2D eigenvalue weighted by Crippen LogP contribution is -2.28. The molecule has 1 fully saturated rings. The number of hydrogen-bond acceptors (Lipinski definition) is 4. The maximum absolute atomic E-state index is 12.9. The van der Waals surface area contributed by atoms with Crippen molar-refractivity contribution in [2.75, 3.05) is 13.1 Å². The normalized spacial score (nSPS) is 16.7. The van der Waals surface area contributed by atoms with Crippen molar-refractivity contribution in [2.45, 2.75) is 20.4 Å². The molecule has 0 bridgehead atoms. The highest BCUT2D eigenvalue weighted by Crippen LogP contribution is 2.34. The Balaban J connectivity index is 1.76. The van der Waals surface area contributed by atoms with Gasteiger partial charge in [0.15, 0.2) is 5.17 Å². The van der Waals surface area contributed by atoms with Gasteiger partial charge in [0.05, 0.1) is 16.5 Å². The van der Waals surface area contributed by atoms with Gasteiger partial charge in [0.1, 0.15) is 0 Å². The Bertz CT molecular complexity index is 1220. The number of nitrogens with zero attached hydrogens (tertiary/aromatic N) is 4. The second-order valence-corrected chi connectivity index (χ2v) is 7.92. The number of aromatic nitrogens is 1. The molecule has 30 heavy (non-hydrogen) atoms. The summed E-state index contributed by atoms with van der Waals surface area (Å²) >= 11 is 1.43. The van der Waals surface area contributed by atoms with Gasteiger partial charge in [-0.15, -0.1) is 0 Å². The number of para-hydroxylation sites is 1. The van der Waals surface area contributed by atoms with E-state index >= 15 is 0 Å². The zero-order valence-electron chi connectivity index (χ0n) is 17.0. The second kappa shape index (κ2) is 8.60. The van der Waals surface area contributed by atoms with E-state index in [9.17, 15) is 10.1 Å². The summed E-state index contributed by atoms with van der Waals surface area (Å²) in [6.07, 6.45) is 4.02. The van der Waals surface area contributed by atoms with E-state index in [1.165, 1.54) is 11.8 Å². The van der Waals surface area contributed by atoms with Crippen LogP contribution in [0.1, 0.15) is 30.5 Å². The highest BCUT2D eigenvalue weighted by atomic mass is 32.2. The van der Waals surface area contributed by atoms with Crippen LogP contribution in [0.3, 0.4) is 0 Å². The first-order valence-corrected chi connectivity index (χ1v) is 10.8. The molecule has 0 unspecified atom stereocenters. The van der Waals surface area contributed by atoms with Crippen LogP contribution >= 0.6 is 11.8 Å². The summed E-state index contributed by atoms with van der Waals surface area (Å²) in [5.41, 5.74) is 3.71. The van der Waals surface area contributed by atoms with Crippen LogP contribution in [-0.2, 0) is 11.3 Å². The SMILES string of the molecule is CCN=C1S/C(=C/c2cn(Cc3ccccc3C#N)c3ccccc23)C(=O)N1CC. The fraction of sp³-hybridized carbons (Fsp3) is 0.208. The van der Waals surface area contributed by atoms with Gasteiger partial charge in [-0.2, -0.15) is 5.26 Å². The van der Waals surface area contributed by atoms with Gasteiger partial charge in [-0.05, 0) is 49.4 Å². The van der Waals surface area contributed by atoms with Crippen molar-refractivity contribution in [2.24, 2.45) is 4.99 Å². The molecule has 4 rings (SSSR count). The number of aliphatic imine (C=N–C) groups is 1. The highest BCUT2D eigenvalue weighted by Gasteiger charge is 2.32. The average molecular weight is 415 g/mol. The van der Waals surface area contributed by atoms with Crippen LogP contribution in [0.4, 0.5) is 0 Å². The molecular weight excluding hydrogens is 392 g/mol. The maximum atomic E-state index is 12.9. The van der Waals surface area contributed by atoms with Crippen molar-refractivity contribution >= 4 is 39.8 Å². The Hall–Kier alpha value is -3.30. The van der Waals surface area contributed by atoms with E-state index in [0.29, 0.717) is 30.1 Å². The van der Waals surface area contributed by atoms with Gasteiger partial charge in [-0.25, -0.2) is 0 Å². The minimum absolute atomic E-state index is 0.00126. The van der Waals surface area contributed by atoms with Crippen molar-refractivity contribution in [1.82, 2.24) is 9.47 Å². The molecule has 5 nitrogen and oxygen atoms in total. The Morgan fingerprint density at radius 2 is 1.90 bits per heavy atom. The Morgan fingerprint density at radius 3 is 2.67 bits per heavy atom. The van der Waals surface area contributed by atoms with Gasteiger partial charge in [0, 0.05) is 42.3 Å². The van der Waals surface area contributed by atoms with Gasteiger partial charge >= 0.3 is 0 Å². The summed E-state index contributed by atoms with van der Waals surface area (Å²) in [7, 11) is 0. The molecule has 150 valence electrons. The number of nitriles is 1. The van der Waals surface area contributed by atoms with E-state index in [-0.39, 0.29) is 5.91 Å². The van der Waals surface area contributed by atoms with Gasteiger partial charge in [0.25, 0.3) is 5.91 Å². The molecule has 0 saturated carbocycles.